The molecular formula is C21H28N4. The molecule has 0 aliphatic carbocycles. The third-order valence-electron chi connectivity index (χ3n) is 4.86. The molecule has 2 aromatic rings. The van der Waals surface area contributed by atoms with Crippen molar-refractivity contribution < 1.29 is 0 Å². The number of nitrogens with one attached hydrogen (secondary N) is 2. The summed E-state index contributed by atoms with van der Waals surface area (Å²) in [5.41, 5.74) is 5.58. The van der Waals surface area contributed by atoms with E-state index in [4.69, 9.17) is 0 Å². The topological polar surface area (TPSA) is 39.7 Å². The summed E-state index contributed by atoms with van der Waals surface area (Å²) in [5, 5.41) is 6.83. The molecule has 4 heteroatoms. The Morgan fingerprint density at radius 3 is 2.60 bits per heavy atom. The van der Waals surface area contributed by atoms with Gasteiger partial charge in [0.25, 0.3) is 0 Å². The van der Waals surface area contributed by atoms with E-state index in [0.29, 0.717) is 0 Å². The molecule has 0 spiro atoms. The maximum absolute atomic E-state index is 4.33. The van der Waals surface area contributed by atoms with Crippen molar-refractivity contribution in [3.63, 3.8) is 0 Å². The van der Waals surface area contributed by atoms with Crippen LogP contribution in [-0.4, -0.2) is 37.5 Å². The monoisotopic (exact) mass is 336 g/mol. The Labute approximate surface area is 151 Å². The summed E-state index contributed by atoms with van der Waals surface area (Å²) in [5.74, 6) is 0.862. The highest BCUT2D eigenvalue weighted by Crippen LogP contribution is 2.17. The number of rotatable bonds is 5. The second-order valence-corrected chi connectivity index (χ2v) is 6.57. The smallest absolute Gasteiger partial charge is 0.191 e. The minimum Gasteiger partial charge on any atom is -0.355 e. The van der Waals surface area contributed by atoms with Crippen LogP contribution in [0.4, 0.5) is 0 Å². The maximum Gasteiger partial charge on any atom is 0.191 e. The Hall–Kier alpha value is -2.33. The highest BCUT2D eigenvalue weighted by atomic mass is 15.2. The lowest BCUT2D eigenvalue weighted by molar-refractivity contribution is 0.258. The van der Waals surface area contributed by atoms with E-state index >= 15 is 0 Å². The summed E-state index contributed by atoms with van der Waals surface area (Å²) in [6, 6.07) is 17.2. The molecule has 1 aliphatic heterocycles. The van der Waals surface area contributed by atoms with Gasteiger partial charge in [-0.1, -0.05) is 48.5 Å². The zero-order valence-electron chi connectivity index (χ0n) is 15.3. The van der Waals surface area contributed by atoms with Crippen LogP contribution in [0.3, 0.4) is 0 Å². The predicted octanol–water partition coefficient (Wildman–Crippen LogP) is 2.72. The van der Waals surface area contributed by atoms with Crippen molar-refractivity contribution >= 4 is 5.96 Å². The van der Waals surface area contributed by atoms with Crippen LogP contribution >= 0.6 is 0 Å². The fourth-order valence-corrected chi connectivity index (χ4v) is 3.29. The Morgan fingerprint density at radius 1 is 1.04 bits per heavy atom. The van der Waals surface area contributed by atoms with Crippen LogP contribution in [0.2, 0.25) is 0 Å². The molecule has 0 bridgehead atoms. The Bertz CT molecular complexity index is 723. The molecule has 0 radical (unpaired) electrons. The molecule has 132 valence electrons. The fraction of sp³-hybridized carbons (Fsp3) is 0.381. The van der Waals surface area contributed by atoms with E-state index in [-0.39, 0.29) is 0 Å². The number of hydrogen-bond acceptors (Lipinski definition) is 2. The van der Waals surface area contributed by atoms with E-state index < -0.39 is 0 Å². The van der Waals surface area contributed by atoms with Crippen LogP contribution in [0.1, 0.15) is 22.3 Å². The van der Waals surface area contributed by atoms with Crippen molar-refractivity contribution in [2.45, 2.75) is 26.4 Å². The first kappa shape index (κ1) is 17.5. The van der Waals surface area contributed by atoms with E-state index in [1.54, 1.807) is 0 Å². The summed E-state index contributed by atoms with van der Waals surface area (Å²) >= 11 is 0. The van der Waals surface area contributed by atoms with Crippen LogP contribution in [0.25, 0.3) is 0 Å². The number of aryl methyl sites for hydroxylation is 1. The first-order chi connectivity index (χ1) is 12.3. The zero-order chi connectivity index (χ0) is 17.5. The molecule has 1 heterocycles. The van der Waals surface area contributed by atoms with Gasteiger partial charge >= 0.3 is 0 Å². The summed E-state index contributed by atoms with van der Waals surface area (Å²) in [4.78, 5) is 6.83. The molecule has 3 rings (SSSR count). The average molecular weight is 336 g/mol. The largest absolute Gasteiger partial charge is 0.355 e. The molecule has 0 atom stereocenters. The molecule has 25 heavy (non-hydrogen) atoms. The molecule has 0 saturated heterocycles. The molecular weight excluding hydrogens is 308 g/mol. The van der Waals surface area contributed by atoms with Crippen molar-refractivity contribution in [3.05, 3.63) is 70.8 Å². The second-order valence-electron chi connectivity index (χ2n) is 6.57. The van der Waals surface area contributed by atoms with Gasteiger partial charge in [0.1, 0.15) is 0 Å². The van der Waals surface area contributed by atoms with Gasteiger partial charge < -0.3 is 10.6 Å². The number of nitrogens with zero attached hydrogens (tertiary/aromatic N) is 2. The number of aliphatic imine (C=N–C) groups is 1. The van der Waals surface area contributed by atoms with Crippen molar-refractivity contribution in [2.75, 3.05) is 26.7 Å². The summed E-state index contributed by atoms with van der Waals surface area (Å²) in [7, 11) is 1.82. The Kier molecular flexibility index (Phi) is 6.07. The van der Waals surface area contributed by atoms with E-state index in [0.717, 1.165) is 45.1 Å². The van der Waals surface area contributed by atoms with Gasteiger partial charge in [0.2, 0.25) is 0 Å². The molecule has 2 aromatic carbocycles. The Morgan fingerprint density at radius 2 is 1.80 bits per heavy atom. The van der Waals surface area contributed by atoms with Gasteiger partial charge in [-0.25, -0.2) is 0 Å². The lowest BCUT2D eigenvalue weighted by Gasteiger charge is -2.28. The second kappa shape index (κ2) is 8.67. The lowest BCUT2D eigenvalue weighted by Crippen LogP contribution is -2.42. The van der Waals surface area contributed by atoms with E-state index in [1.807, 2.05) is 7.05 Å². The zero-order valence-corrected chi connectivity index (χ0v) is 15.3. The number of fused-ring (bicyclic) bond motifs is 1. The fourth-order valence-electron chi connectivity index (χ4n) is 3.29. The first-order valence-corrected chi connectivity index (χ1v) is 9.04. The normalized spacial score (nSPS) is 14.9. The van der Waals surface area contributed by atoms with Crippen molar-refractivity contribution in [1.29, 1.82) is 0 Å². The Balaban J connectivity index is 1.43. The number of guanidine groups is 1. The van der Waals surface area contributed by atoms with Gasteiger partial charge in [-0.3, -0.25) is 9.89 Å². The summed E-state index contributed by atoms with van der Waals surface area (Å²) in [6.07, 6.45) is 1.15. The predicted molar refractivity (Wildman–Crippen MR) is 105 cm³/mol. The summed E-state index contributed by atoms with van der Waals surface area (Å²) in [6.45, 7) is 7.04. The quantitative estimate of drug-likeness (QED) is 0.651. The van der Waals surface area contributed by atoms with Crippen LogP contribution in [0.5, 0.6) is 0 Å². The lowest BCUT2D eigenvalue weighted by atomic mass is 10.00. The highest BCUT2D eigenvalue weighted by molar-refractivity contribution is 5.79. The van der Waals surface area contributed by atoms with Crippen molar-refractivity contribution in [1.82, 2.24) is 15.5 Å². The SMILES string of the molecule is CN=C(NCCN1CCc2ccccc2C1)NCc1ccccc1C. The van der Waals surface area contributed by atoms with Crippen molar-refractivity contribution in [2.24, 2.45) is 4.99 Å². The van der Waals surface area contributed by atoms with Gasteiger partial charge in [-0.15, -0.1) is 0 Å². The maximum atomic E-state index is 4.33. The molecule has 4 nitrogen and oxygen atoms in total. The molecule has 0 aromatic heterocycles. The van der Waals surface area contributed by atoms with Crippen LogP contribution < -0.4 is 10.6 Å². The van der Waals surface area contributed by atoms with E-state index in [9.17, 15) is 0 Å². The van der Waals surface area contributed by atoms with E-state index in [1.165, 1.54) is 22.3 Å². The molecule has 2 N–H and O–H groups in total. The standard InChI is InChI=1S/C21H28N4/c1-17-7-3-4-9-19(17)15-24-21(22-2)23-12-14-25-13-11-18-8-5-6-10-20(18)16-25/h3-10H,11-16H2,1-2H3,(H2,22,23,24). The van der Waals surface area contributed by atoms with Gasteiger partial charge in [0, 0.05) is 39.8 Å². The molecule has 0 saturated carbocycles. The van der Waals surface area contributed by atoms with Gasteiger partial charge in [0.15, 0.2) is 5.96 Å². The molecule has 1 aliphatic rings. The van der Waals surface area contributed by atoms with Crippen LogP contribution in [0, 0.1) is 6.92 Å². The molecule has 0 unspecified atom stereocenters. The number of benzene rings is 2. The minimum atomic E-state index is 0.795. The minimum absolute atomic E-state index is 0.795. The van der Waals surface area contributed by atoms with Crippen molar-refractivity contribution in [3.8, 4) is 0 Å². The van der Waals surface area contributed by atoms with Gasteiger partial charge in [-0.05, 0) is 35.6 Å². The van der Waals surface area contributed by atoms with Crippen LogP contribution in [-0.2, 0) is 19.5 Å². The average Bonchev–Trinajstić information content (AvgIpc) is 2.65. The van der Waals surface area contributed by atoms with Crippen LogP contribution in [0.15, 0.2) is 53.5 Å². The molecule has 0 fully saturated rings. The third-order valence-corrected chi connectivity index (χ3v) is 4.86. The van der Waals surface area contributed by atoms with Gasteiger partial charge in [-0.2, -0.15) is 0 Å². The summed E-state index contributed by atoms with van der Waals surface area (Å²) < 4.78 is 0. The van der Waals surface area contributed by atoms with E-state index in [2.05, 4.69) is 76.0 Å². The number of hydrogen-bond donors (Lipinski definition) is 2. The first-order valence-electron chi connectivity index (χ1n) is 9.04. The highest BCUT2D eigenvalue weighted by Gasteiger charge is 2.15. The van der Waals surface area contributed by atoms with Gasteiger partial charge in [0.05, 0.1) is 0 Å². The molecule has 0 amide bonds. The third kappa shape index (κ3) is 4.83.